The molecule has 4 nitrogen and oxygen atoms in total. The van der Waals surface area contributed by atoms with Crippen molar-refractivity contribution in [2.24, 2.45) is 0 Å². The van der Waals surface area contributed by atoms with Crippen molar-refractivity contribution in [3.8, 4) is 11.5 Å². The van der Waals surface area contributed by atoms with Crippen LogP contribution < -0.4 is 0 Å². The van der Waals surface area contributed by atoms with Crippen LogP contribution in [0, 0.1) is 0 Å². The smallest absolute Gasteiger partial charge is 0.193 e. The number of rotatable bonds is 8. The lowest BCUT2D eigenvalue weighted by Crippen LogP contribution is -2.03. The third kappa shape index (κ3) is 5.92. The Morgan fingerprint density at radius 1 is 0.526 bits per heavy atom. The second-order valence-electron chi connectivity index (χ2n) is 10.1. The standard InChI is InChI=1S/C34H32O4/c1-21(2)29-19-27(15-17-31(29)35)33(37)25-11-7-23(8-12-25)5-6-24-9-13-26(14-10-24)34(38)28-16-18-32(36)30(20-28)22(3)4/h5-22,35-36H,1-4H3/b6-5+. The molecule has 0 fully saturated rings. The van der Waals surface area contributed by atoms with Gasteiger partial charge in [0.1, 0.15) is 11.5 Å². The van der Waals surface area contributed by atoms with E-state index in [2.05, 4.69) is 0 Å². The van der Waals surface area contributed by atoms with E-state index < -0.39 is 0 Å². The van der Waals surface area contributed by atoms with E-state index in [1.54, 1.807) is 60.7 Å². The summed E-state index contributed by atoms with van der Waals surface area (Å²) >= 11 is 0. The minimum absolute atomic E-state index is 0.0863. The molecule has 0 saturated heterocycles. The number of carbonyl (C=O) groups is 2. The Kier molecular flexibility index (Phi) is 7.92. The van der Waals surface area contributed by atoms with Crippen LogP contribution in [0.3, 0.4) is 0 Å². The van der Waals surface area contributed by atoms with Crippen LogP contribution in [0.1, 0.15) is 93.6 Å². The first-order chi connectivity index (χ1) is 18.1. The first kappa shape index (κ1) is 26.6. The zero-order chi connectivity index (χ0) is 27.4. The molecule has 0 spiro atoms. The first-order valence-electron chi connectivity index (χ1n) is 12.8. The second-order valence-corrected chi connectivity index (χ2v) is 10.1. The van der Waals surface area contributed by atoms with Gasteiger partial charge in [-0.2, -0.15) is 0 Å². The van der Waals surface area contributed by atoms with Crippen LogP contribution in [0.5, 0.6) is 11.5 Å². The molecule has 4 aromatic rings. The molecule has 0 aliphatic rings. The highest BCUT2D eigenvalue weighted by atomic mass is 16.3. The molecule has 2 N–H and O–H groups in total. The van der Waals surface area contributed by atoms with Gasteiger partial charge in [-0.15, -0.1) is 0 Å². The summed E-state index contributed by atoms with van der Waals surface area (Å²) in [5, 5.41) is 20.1. The molecule has 0 radical (unpaired) electrons. The van der Waals surface area contributed by atoms with Crippen molar-refractivity contribution in [2.45, 2.75) is 39.5 Å². The summed E-state index contributed by atoms with van der Waals surface area (Å²) in [5.74, 6) is 0.472. The number of ketones is 2. The zero-order valence-electron chi connectivity index (χ0n) is 22.1. The van der Waals surface area contributed by atoms with Crippen molar-refractivity contribution in [1.82, 2.24) is 0 Å². The van der Waals surface area contributed by atoms with Crippen molar-refractivity contribution in [2.75, 3.05) is 0 Å². The van der Waals surface area contributed by atoms with Gasteiger partial charge < -0.3 is 10.2 Å². The van der Waals surface area contributed by atoms with Gasteiger partial charge in [0, 0.05) is 22.3 Å². The Balaban J connectivity index is 1.44. The fourth-order valence-electron chi connectivity index (χ4n) is 4.33. The van der Waals surface area contributed by atoms with Crippen molar-refractivity contribution >= 4 is 23.7 Å². The maximum Gasteiger partial charge on any atom is 0.193 e. The van der Waals surface area contributed by atoms with E-state index in [1.165, 1.54) is 0 Å². The molecule has 0 aliphatic carbocycles. The number of carbonyl (C=O) groups excluding carboxylic acids is 2. The van der Waals surface area contributed by atoms with Crippen molar-refractivity contribution in [1.29, 1.82) is 0 Å². The number of phenols is 2. The van der Waals surface area contributed by atoms with Gasteiger partial charge in [0.15, 0.2) is 11.6 Å². The van der Waals surface area contributed by atoms with Crippen LogP contribution in [0.25, 0.3) is 12.2 Å². The molecular weight excluding hydrogens is 472 g/mol. The van der Waals surface area contributed by atoms with Gasteiger partial charge in [0.2, 0.25) is 0 Å². The molecule has 0 heterocycles. The monoisotopic (exact) mass is 504 g/mol. The van der Waals surface area contributed by atoms with E-state index in [1.807, 2.05) is 64.1 Å². The van der Waals surface area contributed by atoms with Crippen molar-refractivity contribution in [3.63, 3.8) is 0 Å². The van der Waals surface area contributed by atoms with Crippen molar-refractivity contribution < 1.29 is 19.8 Å². The lowest BCUT2D eigenvalue weighted by Gasteiger charge is -2.10. The molecular formula is C34H32O4. The molecule has 192 valence electrons. The second kappa shape index (κ2) is 11.3. The minimum Gasteiger partial charge on any atom is -0.508 e. The molecule has 0 aliphatic heterocycles. The fraction of sp³-hybridized carbons (Fsp3) is 0.176. The summed E-state index contributed by atoms with van der Waals surface area (Å²) in [4.78, 5) is 25.9. The van der Waals surface area contributed by atoms with Crippen molar-refractivity contribution in [3.05, 3.63) is 129 Å². The number of hydrogen-bond acceptors (Lipinski definition) is 4. The molecule has 4 heteroatoms. The highest BCUT2D eigenvalue weighted by molar-refractivity contribution is 6.10. The van der Waals surface area contributed by atoms with E-state index >= 15 is 0 Å². The molecule has 0 atom stereocenters. The molecule has 0 bridgehead atoms. The van der Waals surface area contributed by atoms with Gasteiger partial charge >= 0.3 is 0 Å². The molecule has 0 saturated carbocycles. The maximum atomic E-state index is 12.9. The van der Waals surface area contributed by atoms with Gasteiger partial charge in [-0.3, -0.25) is 9.59 Å². The average molecular weight is 505 g/mol. The van der Waals surface area contributed by atoms with Gasteiger partial charge in [-0.25, -0.2) is 0 Å². The summed E-state index contributed by atoms with van der Waals surface area (Å²) in [6.07, 6.45) is 3.91. The number of aromatic hydroxyl groups is 2. The minimum atomic E-state index is -0.0863. The van der Waals surface area contributed by atoms with E-state index in [0.717, 1.165) is 22.3 Å². The Morgan fingerprint density at radius 2 is 0.842 bits per heavy atom. The van der Waals surface area contributed by atoms with Crippen LogP contribution in [0.2, 0.25) is 0 Å². The summed E-state index contributed by atoms with van der Waals surface area (Å²) in [7, 11) is 0. The number of hydrogen-bond donors (Lipinski definition) is 2. The number of phenolic OH excluding ortho intramolecular Hbond substituents is 2. The van der Waals surface area contributed by atoms with Crippen LogP contribution in [0.4, 0.5) is 0 Å². The maximum absolute atomic E-state index is 12.9. The van der Waals surface area contributed by atoms with Gasteiger partial charge in [0.05, 0.1) is 0 Å². The molecule has 4 rings (SSSR count). The van der Waals surface area contributed by atoms with E-state index in [4.69, 9.17) is 0 Å². The van der Waals surface area contributed by atoms with Gasteiger partial charge in [0.25, 0.3) is 0 Å². The van der Waals surface area contributed by atoms with Crippen LogP contribution in [-0.2, 0) is 0 Å². The topological polar surface area (TPSA) is 74.6 Å². The largest absolute Gasteiger partial charge is 0.508 e. The van der Waals surface area contributed by atoms with Gasteiger partial charge in [-0.1, -0.05) is 88.4 Å². The lowest BCUT2D eigenvalue weighted by atomic mass is 9.95. The SMILES string of the molecule is CC(C)c1cc(C(=O)c2ccc(/C=C/c3ccc(C(=O)c4ccc(O)c(C(C)C)c4)cc3)cc2)ccc1O. The molecule has 0 unspecified atom stereocenters. The van der Waals surface area contributed by atoms with Crippen LogP contribution >= 0.6 is 0 Å². The van der Waals surface area contributed by atoms with E-state index in [-0.39, 0.29) is 34.9 Å². The molecule has 0 amide bonds. The molecule has 4 aromatic carbocycles. The molecule has 38 heavy (non-hydrogen) atoms. The van der Waals surface area contributed by atoms with E-state index in [9.17, 15) is 19.8 Å². The molecule has 0 aromatic heterocycles. The summed E-state index contributed by atoms with van der Waals surface area (Å²) in [5.41, 5.74) is 5.68. The predicted molar refractivity (Wildman–Crippen MR) is 153 cm³/mol. The Labute approximate surface area is 223 Å². The number of benzene rings is 4. The Hall–Kier alpha value is -4.44. The highest BCUT2D eigenvalue weighted by Crippen LogP contribution is 2.28. The van der Waals surface area contributed by atoms with Gasteiger partial charge in [-0.05, 0) is 70.5 Å². The summed E-state index contributed by atoms with van der Waals surface area (Å²) < 4.78 is 0. The lowest BCUT2D eigenvalue weighted by molar-refractivity contribution is 0.103. The highest BCUT2D eigenvalue weighted by Gasteiger charge is 2.15. The van der Waals surface area contributed by atoms with E-state index in [0.29, 0.717) is 22.3 Å². The normalized spacial score (nSPS) is 11.4. The summed E-state index contributed by atoms with van der Waals surface area (Å²) in [6, 6.07) is 24.7. The van der Waals surface area contributed by atoms with Crippen LogP contribution in [-0.4, -0.2) is 21.8 Å². The zero-order valence-corrected chi connectivity index (χ0v) is 22.1. The Morgan fingerprint density at radius 3 is 1.16 bits per heavy atom. The van der Waals surface area contributed by atoms with Crippen LogP contribution in [0.15, 0.2) is 84.9 Å². The predicted octanol–water partition coefficient (Wildman–Crippen LogP) is 7.98. The summed E-state index contributed by atoms with van der Waals surface area (Å²) in [6.45, 7) is 7.92. The Bertz CT molecular complexity index is 1380. The fourth-order valence-corrected chi connectivity index (χ4v) is 4.33. The third-order valence-electron chi connectivity index (χ3n) is 6.64. The average Bonchev–Trinajstić information content (AvgIpc) is 2.92. The first-order valence-corrected chi connectivity index (χ1v) is 12.8. The third-order valence-corrected chi connectivity index (χ3v) is 6.64. The quantitative estimate of drug-likeness (QED) is 0.188.